The molecule has 2 aromatic rings. The largest absolute Gasteiger partial charge is 0.446 e. The zero-order chi connectivity index (χ0) is 22.3. The predicted octanol–water partition coefficient (Wildman–Crippen LogP) is 3.17. The van der Waals surface area contributed by atoms with E-state index in [4.69, 9.17) is 10.2 Å². The number of carbonyl (C=O) groups excluding carboxylic acids is 2. The van der Waals surface area contributed by atoms with Crippen LogP contribution in [0.4, 0.5) is 11.4 Å². The molecule has 2 unspecified atom stereocenters. The molecule has 0 aliphatic heterocycles. The van der Waals surface area contributed by atoms with Crippen molar-refractivity contribution in [3.05, 3.63) is 52.2 Å². The summed E-state index contributed by atoms with van der Waals surface area (Å²) >= 11 is 0. The van der Waals surface area contributed by atoms with Crippen molar-refractivity contribution in [1.29, 1.82) is 0 Å². The molecule has 2 atom stereocenters. The zero-order valence-corrected chi connectivity index (χ0v) is 17.3. The van der Waals surface area contributed by atoms with Crippen LogP contribution in [0.25, 0.3) is 0 Å². The van der Waals surface area contributed by atoms with Crippen LogP contribution in [0, 0.1) is 16.0 Å². The number of hydrogen-bond acceptors (Lipinski definition) is 7. The van der Waals surface area contributed by atoms with Crippen LogP contribution in [0.1, 0.15) is 62.5 Å². The zero-order valence-electron chi connectivity index (χ0n) is 17.3. The maximum absolute atomic E-state index is 12.7. The number of oxazole rings is 1. The van der Waals surface area contributed by atoms with Crippen LogP contribution < -0.4 is 16.4 Å². The number of nitrogens with one attached hydrogen (secondary N) is 2. The van der Waals surface area contributed by atoms with Gasteiger partial charge in [0.2, 0.25) is 11.8 Å². The normalized spacial score (nSPS) is 13.0. The summed E-state index contributed by atoms with van der Waals surface area (Å²) in [6, 6.07) is 4.24. The van der Waals surface area contributed by atoms with E-state index in [1.54, 1.807) is 0 Å². The lowest BCUT2D eigenvalue weighted by atomic mass is 10.0. The summed E-state index contributed by atoms with van der Waals surface area (Å²) in [6.07, 6.45) is 3.14. The second kappa shape index (κ2) is 10.5. The van der Waals surface area contributed by atoms with E-state index in [0.29, 0.717) is 18.5 Å². The van der Waals surface area contributed by atoms with Crippen LogP contribution in [-0.4, -0.2) is 27.8 Å². The van der Waals surface area contributed by atoms with E-state index in [1.165, 1.54) is 30.5 Å². The molecule has 162 valence electrons. The van der Waals surface area contributed by atoms with Gasteiger partial charge >= 0.3 is 0 Å². The van der Waals surface area contributed by atoms with Crippen molar-refractivity contribution in [2.45, 2.75) is 52.1 Å². The summed E-state index contributed by atoms with van der Waals surface area (Å²) < 4.78 is 5.30. The highest BCUT2D eigenvalue weighted by Gasteiger charge is 2.25. The molecule has 0 radical (unpaired) electrons. The van der Waals surface area contributed by atoms with E-state index in [2.05, 4.69) is 15.6 Å². The Kier molecular flexibility index (Phi) is 8.05. The third kappa shape index (κ3) is 6.38. The molecule has 2 rings (SSSR count). The quantitative estimate of drug-likeness (QED) is 0.396. The molecule has 0 bridgehead atoms. The number of benzene rings is 1. The summed E-state index contributed by atoms with van der Waals surface area (Å²) in [6.45, 7) is 5.84. The van der Waals surface area contributed by atoms with Crippen LogP contribution in [0.2, 0.25) is 0 Å². The summed E-state index contributed by atoms with van der Waals surface area (Å²) in [5.74, 6) is -0.572. The first-order chi connectivity index (χ1) is 14.2. The summed E-state index contributed by atoms with van der Waals surface area (Å²) in [5, 5.41) is 16.1. The van der Waals surface area contributed by atoms with E-state index in [-0.39, 0.29) is 23.2 Å². The van der Waals surface area contributed by atoms with Crippen molar-refractivity contribution < 1.29 is 18.9 Å². The van der Waals surface area contributed by atoms with Crippen LogP contribution in [0.15, 0.2) is 34.9 Å². The first-order valence-electron chi connectivity index (χ1n) is 9.78. The SMILES string of the molecule is CCCC(N)c1nc(C(=O)NC(CC(C)C)C(=O)Nc2ccc([N+](=O)[O-])cc2)co1. The molecule has 0 saturated heterocycles. The van der Waals surface area contributed by atoms with Gasteiger partial charge in [0, 0.05) is 17.8 Å². The number of carbonyl (C=O) groups is 2. The first kappa shape index (κ1) is 23.0. The van der Waals surface area contributed by atoms with E-state index < -0.39 is 28.8 Å². The highest BCUT2D eigenvalue weighted by atomic mass is 16.6. The monoisotopic (exact) mass is 417 g/mol. The molecule has 0 saturated carbocycles. The van der Waals surface area contributed by atoms with Crippen molar-refractivity contribution in [3.63, 3.8) is 0 Å². The Morgan fingerprint density at radius 3 is 2.50 bits per heavy atom. The van der Waals surface area contributed by atoms with Crippen molar-refractivity contribution in [2.24, 2.45) is 11.7 Å². The van der Waals surface area contributed by atoms with Gasteiger partial charge in [-0.05, 0) is 30.9 Å². The number of anilines is 1. The standard InChI is InChI=1S/C20H27N5O5/c1-4-5-15(21)20-24-17(11-30-20)19(27)23-16(10-12(2)3)18(26)22-13-6-8-14(9-7-13)25(28)29/h6-9,11-12,15-16H,4-5,10,21H2,1-3H3,(H,22,26)(H,23,27). The van der Waals surface area contributed by atoms with Gasteiger partial charge in [-0.2, -0.15) is 0 Å². The number of hydrogen-bond donors (Lipinski definition) is 3. The summed E-state index contributed by atoms with van der Waals surface area (Å²) in [4.78, 5) is 39.6. The predicted molar refractivity (Wildman–Crippen MR) is 111 cm³/mol. The molecule has 1 aromatic carbocycles. The van der Waals surface area contributed by atoms with Gasteiger partial charge in [-0.25, -0.2) is 4.98 Å². The topological polar surface area (TPSA) is 153 Å². The van der Waals surface area contributed by atoms with Crippen molar-refractivity contribution >= 4 is 23.2 Å². The van der Waals surface area contributed by atoms with E-state index in [9.17, 15) is 19.7 Å². The van der Waals surface area contributed by atoms with Gasteiger partial charge in [0.25, 0.3) is 11.6 Å². The van der Waals surface area contributed by atoms with E-state index >= 15 is 0 Å². The number of rotatable bonds is 10. The van der Waals surface area contributed by atoms with Crippen molar-refractivity contribution in [1.82, 2.24) is 10.3 Å². The second-order valence-corrected chi connectivity index (χ2v) is 7.41. The third-order valence-electron chi connectivity index (χ3n) is 4.35. The van der Waals surface area contributed by atoms with E-state index in [0.717, 1.165) is 6.42 Å². The Bertz CT molecular complexity index is 878. The lowest BCUT2D eigenvalue weighted by Gasteiger charge is -2.19. The fourth-order valence-corrected chi connectivity index (χ4v) is 2.83. The molecule has 2 amide bonds. The Balaban J connectivity index is 2.08. The van der Waals surface area contributed by atoms with Gasteiger partial charge in [-0.3, -0.25) is 19.7 Å². The highest BCUT2D eigenvalue weighted by Crippen LogP contribution is 2.18. The molecular weight excluding hydrogens is 390 g/mol. The number of amides is 2. The van der Waals surface area contributed by atoms with Gasteiger partial charge in [0.15, 0.2) is 5.69 Å². The van der Waals surface area contributed by atoms with Gasteiger partial charge in [0.1, 0.15) is 12.3 Å². The molecule has 0 aliphatic rings. The Morgan fingerprint density at radius 2 is 1.93 bits per heavy atom. The number of aromatic nitrogens is 1. The van der Waals surface area contributed by atoms with Crippen LogP contribution in [0.3, 0.4) is 0 Å². The minimum atomic E-state index is -0.822. The Labute approximate surface area is 174 Å². The number of nitrogens with two attached hydrogens (primary N) is 1. The number of nitro benzene ring substituents is 1. The molecule has 0 spiro atoms. The van der Waals surface area contributed by atoms with Gasteiger partial charge in [-0.15, -0.1) is 0 Å². The van der Waals surface area contributed by atoms with Crippen LogP contribution in [0.5, 0.6) is 0 Å². The van der Waals surface area contributed by atoms with Gasteiger partial charge < -0.3 is 20.8 Å². The lowest BCUT2D eigenvalue weighted by molar-refractivity contribution is -0.384. The maximum Gasteiger partial charge on any atom is 0.273 e. The molecule has 1 heterocycles. The second-order valence-electron chi connectivity index (χ2n) is 7.41. The number of non-ortho nitro benzene ring substituents is 1. The minimum Gasteiger partial charge on any atom is -0.446 e. The fraction of sp³-hybridized carbons (Fsp3) is 0.450. The Hall–Kier alpha value is -3.27. The molecule has 10 nitrogen and oxygen atoms in total. The van der Waals surface area contributed by atoms with Gasteiger partial charge in [-0.1, -0.05) is 27.2 Å². The minimum absolute atomic E-state index is 0.0495. The Morgan fingerprint density at radius 1 is 1.27 bits per heavy atom. The number of nitro groups is 1. The maximum atomic E-state index is 12.7. The molecule has 10 heteroatoms. The average Bonchev–Trinajstić information content (AvgIpc) is 3.18. The lowest BCUT2D eigenvalue weighted by Crippen LogP contribution is -2.44. The molecule has 0 aliphatic carbocycles. The fourth-order valence-electron chi connectivity index (χ4n) is 2.83. The third-order valence-corrected chi connectivity index (χ3v) is 4.35. The highest BCUT2D eigenvalue weighted by molar-refractivity contribution is 6.00. The average molecular weight is 417 g/mol. The molecule has 30 heavy (non-hydrogen) atoms. The number of nitrogens with zero attached hydrogens (tertiary/aromatic N) is 2. The summed E-state index contributed by atoms with van der Waals surface area (Å²) in [5.41, 5.74) is 6.32. The van der Waals surface area contributed by atoms with Crippen LogP contribution in [-0.2, 0) is 4.79 Å². The van der Waals surface area contributed by atoms with Crippen molar-refractivity contribution in [2.75, 3.05) is 5.32 Å². The smallest absolute Gasteiger partial charge is 0.273 e. The molecule has 4 N–H and O–H groups in total. The van der Waals surface area contributed by atoms with E-state index in [1.807, 2.05) is 20.8 Å². The molecule has 0 fully saturated rings. The van der Waals surface area contributed by atoms with Gasteiger partial charge in [0.05, 0.1) is 11.0 Å². The molecule has 1 aromatic heterocycles. The van der Waals surface area contributed by atoms with Crippen molar-refractivity contribution in [3.8, 4) is 0 Å². The molecular formula is C20H27N5O5. The summed E-state index contributed by atoms with van der Waals surface area (Å²) in [7, 11) is 0. The first-order valence-corrected chi connectivity index (χ1v) is 9.78. The van der Waals surface area contributed by atoms with Crippen LogP contribution >= 0.6 is 0 Å².